The quantitative estimate of drug-likeness (QED) is 0.766. The molecule has 0 aliphatic carbocycles. The van der Waals surface area contributed by atoms with E-state index >= 15 is 0 Å². The van der Waals surface area contributed by atoms with Gasteiger partial charge in [-0.1, -0.05) is 32.0 Å². The van der Waals surface area contributed by atoms with Crippen molar-refractivity contribution >= 4 is 0 Å². The summed E-state index contributed by atoms with van der Waals surface area (Å²) in [5, 5.41) is 3.36. The lowest BCUT2D eigenvalue weighted by Crippen LogP contribution is -2.32. The summed E-state index contributed by atoms with van der Waals surface area (Å²) in [5.74, 6) is -0.172. The standard InChI is InChI=1S/C16H26FNO/c1-5-11-18-15(12-19-16(3,4)6-2)13-9-7-8-10-14(13)17/h7-10,15,18H,5-6,11-12H2,1-4H3. The average molecular weight is 267 g/mol. The van der Waals surface area contributed by atoms with Gasteiger partial charge < -0.3 is 10.1 Å². The minimum absolute atomic E-state index is 0.0908. The molecule has 0 saturated carbocycles. The Morgan fingerprint density at radius 3 is 2.53 bits per heavy atom. The Bertz CT molecular complexity index is 379. The van der Waals surface area contributed by atoms with E-state index in [1.54, 1.807) is 6.07 Å². The summed E-state index contributed by atoms with van der Waals surface area (Å²) in [6.45, 7) is 9.66. The van der Waals surface area contributed by atoms with E-state index < -0.39 is 0 Å². The predicted octanol–water partition coefficient (Wildman–Crippen LogP) is 4.07. The second-order valence-corrected chi connectivity index (χ2v) is 5.45. The maximum Gasteiger partial charge on any atom is 0.128 e. The third-order valence-electron chi connectivity index (χ3n) is 3.41. The molecule has 1 aromatic rings. The van der Waals surface area contributed by atoms with Gasteiger partial charge >= 0.3 is 0 Å². The maximum absolute atomic E-state index is 13.9. The lowest BCUT2D eigenvalue weighted by molar-refractivity contribution is -0.0311. The Labute approximate surface area is 116 Å². The van der Waals surface area contributed by atoms with Crippen LogP contribution in [0.4, 0.5) is 4.39 Å². The molecule has 1 rings (SSSR count). The lowest BCUT2D eigenvalue weighted by Gasteiger charge is -2.28. The predicted molar refractivity (Wildman–Crippen MR) is 77.8 cm³/mol. The van der Waals surface area contributed by atoms with Crippen LogP contribution in [-0.4, -0.2) is 18.8 Å². The topological polar surface area (TPSA) is 21.3 Å². The highest BCUT2D eigenvalue weighted by molar-refractivity contribution is 5.21. The van der Waals surface area contributed by atoms with Crippen LogP contribution in [0.1, 0.15) is 52.1 Å². The molecule has 3 heteroatoms. The highest BCUT2D eigenvalue weighted by Crippen LogP contribution is 2.21. The van der Waals surface area contributed by atoms with Crippen LogP contribution in [-0.2, 0) is 4.74 Å². The summed E-state index contributed by atoms with van der Waals surface area (Å²) >= 11 is 0. The molecule has 1 aromatic carbocycles. The number of ether oxygens (including phenoxy) is 1. The minimum atomic E-state index is -0.172. The first kappa shape index (κ1) is 16.1. The second-order valence-electron chi connectivity index (χ2n) is 5.45. The smallest absolute Gasteiger partial charge is 0.128 e. The van der Waals surface area contributed by atoms with E-state index in [1.807, 2.05) is 12.1 Å². The molecule has 1 atom stereocenters. The van der Waals surface area contributed by atoms with Crippen LogP contribution >= 0.6 is 0 Å². The van der Waals surface area contributed by atoms with Gasteiger partial charge in [-0.05, 0) is 39.3 Å². The van der Waals surface area contributed by atoms with Crippen LogP contribution in [0.15, 0.2) is 24.3 Å². The first-order valence-electron chi connectivity index (χ1n) is 7.12. The van der Waals surface area contributed by atoms with Crippen molar-refractivity contribution in [3.8, 4) is 0 Å². The molecule has 0 heterocycles. The normalized spacial score (nSPS) is 13.5. The maximum atomic E-state index is 13.9. The fraction of sp³-hybridized carbons (Fsp3) is 0.625. The molecule has 2 nitrogen and oxygen atoms in total. The number of hydrogen-bond donors (Lipinski definition) is 1. The van der Waals surface area contributed by atoms with Crippen LogP contribution in [0.25, 0.3) is 0 Å². The van der Waals surface area contributed by atoms with Crippen molar-refractivity contribution in [1.29, 1.82) is 0 Å². The van der Waals surface area contributed by atoms with Crippen LogP contribution in [0.5, 0.6) is 0 Å². The first-order chi connectivity index (χ1) is 9.00. The highest BCUT2D eigenvalue weighted by Gasteiger charge is 2.20. The molecule has 0 aliphatic rings. The zero-order valence-electron chi connectivity index (χ0n) is 12.5. The van der Waals surface area contributed by atoms with Crippen molar-refractivity contribution in [3.63, 3.8) is 0 Å². The van der Waals surface area contributed by atoms with Crippen LogP contribution in [0.2, 0.25) is 0 Å². The first-order valence-corrected chi connectivity index (χ1v) is 7.12. The Morgan fingerprint density at radius 1 is 1.26 bits per heavy atom. The zero-order chi connectivity index (χ0) is 14.3. The third kappa shape index (κ3) is 5.29. The van der Waals surface area contributed by atoms with Crippen molar-refractivity contribution in [1.82, 2.24) is 5.32 Å². The molecular weight excluding hydrogens is 241 g/mol. The molecule has 108 valence electrons. The Kier molecular flexibility index (Phi) is 6.46. The summed E-state index contributed by atoms with van der Waals surface area (Å²) in [6, 6.07) is 6.81. The van der Waals surface area contributed by atoms with E-state index in [1.165, 1.54) is 6.07 Å². The summed E-state index contributed by atoms with van der Waals surface area (Å²) in [5.41, 5.74) is 0.514. The van der Waals surface area contributed by atoms with Gasteiger partial charge in [0.25, 0.3) is 0 Å². The lowest BCUT2D eigenvalue weighted by atomic mass is 10.0. The van der Waals surface area contributed by atoms with Crippen LogP contribution in [0.3, 0.4) is 0 Å². The molecule has 0 aliphatic heterocycles. The van der Waals surface area contributed by atoms with Gasteiger partial charge in [0.1, 0.15) is 5.82 Å². The minimum Gasteiger partial charge on any atom is -0.374 e. The molecule has 0 spiro atoms. The molecule has 0 amide bonds. The van der Waals surface area contributed by atoms with Gasteiger partial charge in [-0.2, -0.15) is 0 Å². The largest absolute Gasteiger partial charge is 0.374 e. The van der Waals surface area contributed by atoms with E-state index in [-0.39, 0.29) is 17.5 Å². The summed E-state index contributed by atoms with van der Waals surface area (Å²) in [4.78, 5) is 0. The van der Waals surface area contributed by atoms with Gasteiger partial charge in [-0.3, -0.25) is 0 Å². The van der Waals surface area contributed by atoms with E-state index in [4.69, 9.17) is 4.74 Å². The van der Waals surface area contributed by atoms with Gasteiger partial charge in [0, 0.05) is 5.56 Å². The Hall–Kier alpha value is -0.930. The number of halogens is 1. The van der Waals surface area contributed by atoms with E-state index in [0.29, 0.717) is 12.2 Å². The van der Waals surface area contributed by atoms with Crippen molar-refractivity contribution < 1.29 is 9.13 Å². The van der Waals surface area contributed by atoms with Crippen molar-refractivity contribution in [2.75, 3.05) is 13.2 Å². The second kappa shape index (κ2) is 7.61. The molecule has 0 saturated heterocycles. The SMILES string of the molecule is CCCNC(COC(C)(C)CC)c1ccccc1F. The molecule has 0 aromatic heterocycles. The third-order valence-corrected chi connectivity index (χ3v) is 3.41. The zero-order valence-corrected chi connectivity index (χ0v) is 12.5. The van der Waals surface area contributed by atoms with Crippen molar-refractivity contribution in [3.05, 3.63) is 35.6 Å². The summed E-state index contributed by atoms with van der Waals surface area (Å²) < 4.78 is 19.8. The molecule has 0 fully saturated rings. The van der Waals surface area contributed by atoms with Crippen LogP contribution in [0, 0.1) is 5.82 Å². The van der Waals surface area contributed by atoms with E-state index in [9.17, 15) is 4.39 Å². The number of rotatable bonds is 8. The fourth-order valence-electron chi connectivity index (χ4n) is 1.75. The average Bonchev–Trinajstić information content (AvgIpc) is 2.40. The van der Waals surface area contributed by atoms with Crippen LogP contribution < -0.4 is 5.32 Å². The number of nitrogens with one attached hydrogen (secondary N) is 1. The molecule has 0 bridgehead atoms. The monoisotopic (exact) mass is 267 g/mol. The molecule has 1 unspecified atom stereocenters. The van der Waals surface area contributed by atoms with Crippen molar-refractivity contribution in [2.24, 2.45) is 0 Å². The molecular formula is C16H26FNO. The number of hydrogen-bond acceptors (Lipinski definition) is 2. The van der Waals surface area contributed by atoms with Gasteiger partial charge in [0.2, 0.25) is 0 Å². The van der Waals surface area contributed by atoms with E-state index in [0.717, 1.165) is 19.4 Å². The number of benzene rings is 1. The van der Waals surface area contributed by atoms with Gasteiger partial charge in [-0.15, -0.1) is 0 Å². The molecule has 0 radical (unpaired) electrons. The van der Waals surface area contributed by atoms with Crippen molar-refractivity contribution in [2.45, 2.75) is 52.2 Å². The van der Waals surface area contributed by atoms with Gasteiger partial charge in [-0.25, -0.2) is 4.39 Å². The van der Waals surface area contributed by atoms with E-state index in [2.05, 4.69) is 33.0 Å². The summed E-state index contributed by atoms with van der Waals surface area (Å²) in [6.07, 6.45) is 1.95. The van der Waals surface area contributed by atoms with Gasteiger partial charge in [0.15, 0.2) is 0 Å². The van der Waals surface area contributed by atoms with Gasteiger partial charge in [0.05, 0.1) is 18.2 Å². The fourth-order valence-corrected chi connectivity index (χ4v) is 1.75. The Morgan fingerprint density at radius 2 is 1.95 bits per heavy atom. The molecule has 19 heavy (non-hydrogen) atoms. The molecule has 1 N–H and O–H groups in total. The Balaban J connectivity index is 2.75. The summed E-state index contributed by atoms with van der Waals surface area (Å²) in [7, 11) is 0. The highest BCUT2D eigenvalue weighted by atomic mass is 19.1.